The van der Waals surface area contributed by atoms with Crippen LogP contribution in [0.2, 0.25) is 0 Å². The van der Waals surface area contributed by atoms with Crippen LogP contribution in [0.25, 0.3) is 43.4 Å². The van der Waals surface area contributed by atoms with E-state index in [1.165, 1.54) is 0 Å². The van der Waals surface area contributed by atoms with Crippen LogP contribution in [0.5, 0.6) is 0 Å². The maximum atomic E-state index is 13.5. The van der Waals surface area contributed by atoms with Gasteiger partial charge in [0, 0.05) is 28.1 Å². The first-order valence-electron chi connectivity index (χ1n) is 9.79. The second-order valence-electron chi connectivity index (χ2n) is 7.60. The summed E-state index contributed by atoms with van der Waals surface area (Å²) in [4.78, 5) is 40.3. The van der Waals surface area contributed by atoms with Gasteiger partial charge in [-0.3, -0.25) is 14.4 Å². The van der Waals surface area contributed by atoms with Gasteiger partial charge in [-0.2, -0.15) is 0 Å². The summed E-state index contributed by atoms with van der Waals surface area (Å²) in [5.41, 5.74) is 1.31. The number of hydrogen-bond acceptors (Lipinski definition) is 3. The van der Waals surface area contributed by atoms with Crippen molar-refractivity contribution in [2.24, 2.45) is 0 Å². The third kappa shape index (κ3) is 2.08. The minimum Gasteiger partial charge on any atom is -0.332 e. The van der Waals surface area contributed by atoms with E-state index in [2.05, 4.69) is 0 Å². The summed E-state index contributed by atoms with van der Waals surface area (Å²) in [6, 6.07) is 24.0. The molecular formula is C26H15NO3. The van der Waals surface area contributed by atoms with Crippen LogP contribution in [-0.2, 0) is 6.54 Å². The normalized spacial score (nSPS) is 11.9. The molecule has 1 aromatic heterocycles. The summed E-state index contributed by atoms with van der Waals surface area (Å²) in [7, 11) is 0. The van der Waals surface area contributed by atoms with Crippen LogP contribution in [-0.4, -0.2) is 4.57 Å². The van der Waals surface area contributed by atoms with Gasteiger partial charge in [-0.15, -0.1) is 0 Å². The second-order valence-corrected chi connectivity index (χ2v) is 7.60. The molecule has 0 atom stereocenters. The molecule has 0 fully saturated rings. The molecule has 0 saturated carbocycles. The molecule has 0 spiro atoms. The van der Waals surface area contributed by atoms with E-state index in [9.17, 15) is 14.4 Å². The lowest BCUT2D eigenvalue weighted by molar-refractivity contribution is 0.870. The molecule has 5 aromatic carbocycles. The van der Waals surface area contributed by atoms with Crippen molar-refractivity contribution in [2.45, 2.75) is 6.54 Å². The Kier molecular flexibility index (Phi) is 3.36. The second kappa shape index (κ2) is 5.97. The van der Waals surface area contributed by atoms with Crippen LogP contribution in [0, 0.1) is 0 Å². The third-order valence-corrected chi connectivity index (χ3v) is 5.96. The van der Waals surface area contributed by atoms with Crippen molar-refractivity contribution in [1.29, 1.82) is 0 Å². The number of aromatic nitrogens is 1. The van der Waals surface area contributed by atoms with E-state index >= 15 is 0 Å². The Hall–Kier alpha value is -4.05. The summed E-state index contributed by atoms with van der Waals surface area (Å²) < 4.78 is 1.86. The lowest BCUT2D eigenvalue weighted by Gasteiger charge is -2.08. The van der Waals surface area contributed by atoms with Gasteiger partial charge >= 0.3 is 0 Å². The zero-order chi connectivity index (χ0) is 20.4. The summed E-state index contributed by atoms with van der Waals surface area (Å²) in [6.45, 7) is 0.404. The van der Waals surface area contributed by atoms with Crippen LogP contribution in [0.1, 0.15) is 5.56 Å². The van der Waals surface area contributed by atoms with Gasteiger partial charge in [-0.1, -0.05) is 78.9 Å². The Balaban J connectivity index is 1.93. The maximum Gasteiger partial charge on any atom is 0.210 e. The lowest BCUT2D eigenvalue weighted by atomic mass is 10.1. The average molecular weight is 389 g/mol. The minimum atomic E-state index is -0.260. The van der Waals surface area contributed by atoms with Gasteiger partial charge in [0.2, 0.25) is 5.43 Å². The van der Waals surface area contributed by atoms with Crippen molar-refractivity contribution >= 4 is 43.4 Å². The monoisotopic (exact) mass is 389 g/mol. The largest absolute Gasteiger partial charge is 0.332 e. The van der Waals surface area contributed by atoms with Crippen molar-refractivity contribution < 1.29 is 0 Å². The molecule has 6 aromatic rings. The van der Waals surface area contributed by atoms with Crippen LogP contribution in [0.15, 0.2) is 93.2 Å². The predicted molar refractivity (Wildman–Crippen MR) is 121 cm³/mol. The fourth-order valence-corrected chi connectivity index (χ4v) is 4.66. The molecule has 0 aliphatic heterocycles. The molecule has 0 amide bonds. The number of fused-ring (bicyclic) bond motifs is 6. The molecule has 1 heterocycles. The highest BCUT2D eigenvalue weighted by Crippen LogP contribution is 2.32. The first-order chi connectivity index (χ1) is 14.7. The van der Waals surface area contributed by atoms with E-state index in [1.807, 2.05) is 53.1 Å². The van der Waals surface area contributed by atoms with E-state index in [0.717, 1.165) is 10.9 Å². The highest BCUT2D eigenvalue weighted by atomic mass is 16.1. The molecule has 0 aliphatic carbocycles. The molecule has 0 unspecified atom stereocenters. The van der Waals surface area contributed by atoms with E-state index in [-0.39, 0.29) is 21.7 Å². The van der Waals surface area contributed by atoms with Gasteiger partial charge in [-0.25, -0.2) is 0 Å². The SMILES string of the molecule is O=c1c2ccccc2c(=O)c2c1c1c(=O)c3ccccc3c1n2Cc1ccccc1. The van der Waals surface area contributed by atoms with Crippen LogP contribution in [0.4, 0.5) is 0 Å². The van der Waals surface area contributed by atoms with E-state index in [4.69, 9.17) is 0 Å². The molecule has 6 rings (SSSR count). The Morgan fingerprint density at radius 3 is 1.60 bits per heavy atom. The predicted octanol–water partition coefficient (Wildman–Crippen LogP) is 4.11. The number of hydrogen-bond donors (Lipinski definition) is 0. The molecule has 30 heavy (non-hydrogen) atoms. The zero-order valence-corrected chi connectivity index (χ0v) is 15.9. The first-order valence-corrected chi connectivity index (χ1v) is 9.79. The maximum absolute atomic E-state index is 13.5. The van der Waals surface area contributed by atoms with Gasteiger partial charge in [0.25, 0.3) is 0 Å². The quantitative estimate of drug-likeness (QED) is 0.448. The highest BCUT2D eigenvalue weighted by molar-refractivity contribution is 6.22. The summed E-state index contributed by atoms with van der Waals surface area (Å²) in [6.07, 6.45) is 0. The van der Waals surface area contributed by atoms with Crippen molar-refractivity contribution in [1.82, 2.24) is 4.57 Å². The van der Waals surface area contributed by atoms with Crippen molar-refractivity contribution in [3.05, 3.63) is 115 Å². The Labute approximate surface area is 169 Å². The van der Waals surface area contributed by atoms with Crippen molar-refractivity contribution in [2.75, 3.05) is 0 Å². The van der Waals surface area contributed by atoms with E-state index < -0.39 is 0 Å². The topological polar surface area (TPSA) is 56.1 Å². The standard InChI is InChI=1S/C26H15NO3/c28-24-17-11-5-4-10-16(17)22-20(24)21-23(27(22)14-15-8-2-1-3-9-15)26(30)19-13-7-6-12-18(19)25(21)29/h1-13H,14H2. The zero-order valence-electron chi connectivity index (χ0n) is 15.9. The summed E-state index contributed by atoms with van der Waals surface area (Å²) in [5, 5.41) is 2.69. The van der Waals surface area contributed by atoms with Gasteiger partial charge in [0.15, 0.2) is 10.9 Å². The van der Waals surface area contributed by atoms with Crippen molar-refractivity contribution in [3.8, 4) is 0 Å². The lowest BCUT2D eigenvalue weighted by Crippen LogP contribution is -2.16. The minimum absolute atomic E-state index is 0.191. The van der Waals surface area contributed by atoms with Gasteiger partial charge < -0.3 is 4.57 Å². The molecule has 0 saturated heterocycles. The van der Waals surface area contributed by atoms with Gasteiger partial charge in [0.05, 0.1) is 16.3 Å². The first kappa shape index (κ1) is 16.9. The van der Waals surface area contributed by atoms with Crippen LogP contribution in [0.3, 0.4) is 0 Å². The molecule has 4 heteroatoms. The summed E-state index contributed by atoms with van der Waals surface area (Å²) >= 11 is 0. The Bertz CT molecular complexity index is 1770. The Morgan fingerprint density at radius 1 is 0.500 bits per heavy atom. The number of nitrogens with zero attached hydrogens (tertiary/aromatic N) is 1. The van der Waals surface area contributed by atoms with Gasteiger partial charge in [0.1, 0.15) is 5.52 Å². The molecule has 4 nitrogen and oxygen atoms in total. The number of rotatable bonds is 2. The highest BCUT2D eigenvalue weighted by Gasteiger charge is 2.25. The van der Waals surface area contributed by atoms with Crippen molar-refractivity contribution in [3.63, 3.8) is 0 Å². The molecule has 0 radical (unpaired) electrons. The molecule has 0 bridgehead atoms. The van der Waals surface area contributed by atoms with E-state index in [0.29, 0.717) is 39.1 Å². The van der Waals surface area contributed by atoms with Crippen LogP contribution < -0.4 is 16.3 Å². The fourth-order valence-electron chi connectivity index (χ4n) is 4.66. The average Bonchev–Trinajstić information content (AvgIpc) is 3.27. The van der Waals surface area contributed by atoms with E-state index in [1.54, 1.807) is 30.3 Å². The van der Waals surface area contributed by atoms with Gasteiger partial charge in [-0.05, 0) is 5.56 Å². The Morgan fingerprint density at radius 2 is 0.967 bits per heavy atom. The molecule has 0 aliphatic rings. The summed E-state index contributed by atoms with van der Waals surface area (Å²) in [5.74, 6) is 0. The van der Waals surface area contributed by atoms with Crippen LogP contribution >= 0.6 is 0 Å². The molecule has 0 N–H and O–H groups in total. The smallest absolute Gasteiger partial charge is 0.210 e. The molecule has 142 valence electrons. The number of benzene rings is 4. The third-order valence-electron chi connectivity index (χ3n) is 5.96. The fraction of sp³-hybridized carbons (Fsp3) is 0.0385. The molecular weight excluding hydrogens is 374 g/mol.